The van der Waals surface area contributed by atoms with Crippen molar-refractivity contribution >= 4 is 0 Å². The maximum absolute atomic E-state index is 2.43. The molecule has 1 aliphatic carbocycles. The van der Waals surface area contributed by atoms with Gasteiger partial charge < -0.3 is 0 Å². The zero-order chi connectivity index (χ0) is 12.9. The topological polar surface area (TPSA) is 0 Å². The van der Waals surface area contributed by atoms with Crippen molar-refractivity contribution in [3.8, 4) is 0 Å². The van der Waals surface area contributed by atoms with Gasteiger partial charge in [-0.1, -0.05) is 72.3 Å². The Balaban J connectivity index is 1.75. The standard InChI is InChI=1S/C19H20/c1-3-8-16(9-4-1)14-19(18-12-7-13-18)15-17-10-5-2-6-11-17/h1-6,8-12,19H,7,13-15H2. The van der Waals surface area contributed by atoms with Gasteiger partial charge in [-0.15, -0.1) is 0 Å². The van der Waals surface area contributed by atoms with Gasteiger partial charge in [0.25, 0.3) is 0 Å². The number of allylic oxidation sites excluding steroid dienone is 2. The molecule has 1 aliphatic rings. The Labute approximate surface area is 115 Å². The van der Waals surface area contributed by atoms with Gasteiger partial charge in [-0.3, -0.25) is 0 Å². The van der Waals surface area contributed by atoms with Crippen LogP contribution in [0.5, 0.6) is 0 Å². The third-order valence-corrected chi connectivity index (χ3v) is 4.01. The highest BCUT2D eigenvalue weighted by Crippen LogP contribution is 2.31. The van der Waals surface area contributed by atoms with Crippen molar-refractivity contribution in [1.29, 1.82) is 0 Å². The SMILES string of the molecule is C1=C(C(Cc2ccccc2)Cc2ccccc2)CC1. The van der Waals surface area contributed by atoms with Crippen molar-refractivity contribution in [3.63, 3.8) is 0 Å². The zero-order valence-corrected chi connectivity index (χ0v) is 11.3. The molecule has 3 rings (SSSR count). The average molecular weight is 248 g/mol. The fourth-order valence-corrected chi connectivity index (χ4v) is 2.81. The van der Waals surface area contributed by atoms with Crippen molar-refractivity contribution < 1.29 is 0 Å². The molecule has 0 heteroatoms. The molecule has 96 valence electrons. The zero-order valence-electron chi connectivity index (χ0n) is 11.3. The van der Waals surface area contributed by atoms with Gasteiger partial charge in [0.2, 0.25) is 0 Å². The van der Waals surface area contributed by atoms with Crippen LogP contribution in [-0.2, 0) is 12.8 Å². The van der Waals surface area contributed by atoms with Crippen molar-refractivity contribution in [1.82, 2.24) is 0 Å². The second-order valence-corrected chi connectivity index (χ2v) is 5.39. The van der Waals surface area contributed by atoms with Crippen LogP contribution in [0.25, 0.3) is 0 Å². The van der Waals surface area contributed by atoms with E-state index in [9.17, 15) is 0 Å². The smallest absolute Gasteiger partial charge is 0.0122 e. The van der Waals surface area contributed by atoms with Crippen LogP contribution in [0.3, 0.4) is 0 Å². The van der Waals surface area contributed by atoms with E-state index in [0.29, 0.717) is 5.92 Å². The predicted octanol–water partition coefficient (Wildman–Crippen LogP) is 4.81. The van der Waals surface area contributed by atoms with E-state index in [4.69, 9.17) is 0 Å². The molecule has 0 saturated heterocycles. The first-order valence-electron chi connectivity index (χ1n) is 7.18. The van der Waals surface area contributed by atoms with Crippen molar-refractivity contribution in [2.24, 2.45) is 5.92 Å². The predicted molar refractivity (Wildman–Crippen MR) is 81.1 cm³/mol. The van der Waals surface area contributed by atoms with Gasteiger partial charge in [-0.2, -0.15) is 0 Å². The lowest BCUT2D eigenvalue weighted by atomic mass is 9.80. The number of hydrogen-bond donors (Lipinski definition) is 0. The fourth-order valence-electron chi connectivity index (χ4n) is 2.81. The number of rotatable bonds is 5. The molecule has 0 spiro atoms. The molecule has 0 atom stereocenters. The minimum Gasteiger partial charge on any atom is -0.0847 e. The molecule has 0 radical (unpaired) electrons. The van der Waals surface area contributed by atoms with Crippen molar-refractivity contribution in [2.45, 2.75) is 25.7 Å². The molecular weight excluding hydrogens is 228 g/mol. The minimum atomic E-state index is 0.679. The van der Waals surface area contributed by atoms with E-state index in [-0.39, 0.29) is 0 Å². The van der Waals surface area contributed by atoms with Gasteiger partial charge in [0.1, 0.15) is 0 Å². The van der Waals surface area contributed by atoms with Gasteiger partial charge in [-0.05, 0) is 42.7 Å². The highest BCUT2D eigenvalue weighted by Gasteiger charge is 2.19. The first-order chi connectivity index (χ1) is 9.42. The summed E-state index contributed by atoms with van der Waals surface area (Å²) >= 11 is 0. The van der Waals surface area contributed by atoms with Crippen LogP contribution in [0.4, 0.5) is 0 Å². The van der Waals surface area contributed by atoms with Crippen LogP contribution in [0, 0.1) is 5.92 Å². The lowest BCUT2D eigenvalue weighted by Gasteiger charge is -2.25. The molecule has 0 unspecified atom stereocenters. The number of benzene rings is 2. The molecule has 0 aliphatic heterocycles. The Morgan fingerprint density at radius 2 is 1.21 bits per heavy atom. The van der Waals surface area contributed by atoms with Crippen molar-refractivity contribution in [3.05, 3.63) is 83.4 Å². The highest BCUT2D eigenvalue weighted by atomic mass is 14.2. The van der Waals surface area contributed by atoms with Gasteiger partial charge in [0.15, 0.2) is 0 Å². The summed E-state index contributed by atoms with van der Waals surface area (Å²) in [5.41, 5.74) is 4.57. The first kappa shape index (κ1) is 12.2. The van der Waals surface area contributed by atoms with Crippen LogP contribution < -0.4 is 0 Å². The quantitative estimate of drug-likeness (QED) is 0.666. The maximum Gasteiger partial charge on any atom is -0.0122 e. The van der Waals surface area contributed by atoms with E-state index in [0.717, 1.165) is 0 Å². The molecule has 0 heterocycles. The Morgan fingerprint density at radius 3 is 1.58 bits per heavy atom. The van der Waals surface area contributed by atoms with Crippen LogP contribution in [0.15, 0.2) is 72.3 Å². The summed E-state index contributed by atoms with van der Waals surface area (Å²) in [6.07, 6.45) is 7.33. The molecule has 2 aromatic rings. The van der Waals surface area contributed by atoms with Crippen LogP contribution in [-0.4, -0.2) is 0 Å². The lowest BCUT2D eigenvalue weighted by molar-refractivity contribution is 0.554. The van der Waals surface area contributed by atoms with E-state index >= 15 is 0 Å². The summed E-state index contributed by atoms with van der Waals surface area (Å²) in [4.78, 5) is 0. The summed E-state index contributed by atoms with van der Waals surface area (Å²) in [5, 5.41) is 0. The third-order valence-electron chi connectivity index (χ3n) is 4.01. The molecule has 0 saturated carbocycles. The normalized spacial score (nSPS) is 14.1. The fraction of sp³-hybridized carbons (Fsp3) is 0.263. The van der Waals surface area contributed by atoms with Crippen LogP contribution >= 0.6 is 0 Å². The van der Waals surface area contributed by atoms with E-state index in [1.807, 2.05) is 0 Å². The summed E-state index contributed by atoms with van der Waals surface area (Å²) < 4.78 is 0. The van der Waals surface area contributed by atoms with E-state index in [1.54, 1.807) is 5.57 Å². The van der Waals surface area contributed by atoms with Gasteiger partial charge in [0.05, 0.1) is 0 Å². The van der Waals surface area contributed by atoms with Crippen LogP contribution in [0.1, 0.15) is 24.0 Å². The van der Waals surface area contributed by atoms with E-state index < -0.39 is 0 Å². The third kappa shape index (κ3) is 3.14. The molecule has 0 bridgehead atoms. The molecule has 0 N–H and O–H groups in total. The highest BCUT2D eigenvalue weighted by molar-refractivity contribution is 5.25. The maximum atomic E-state index is 2.43. The summed E-state index contributed by atoms with van der Waals surface area (Å²) in [7, 11) is 0. The Kier molecular flexibility index (Phi) is 3.78. The second-order valence-electron chi connectivity index (χ2n) is 5.39. The van der Waals surface area contributed by atoms with E-state index in [1.165, 1.54) is 36.8 Å². The molecule has 0 aromatic heterocycles. The molecule has 2 aromatic carbocycles. The molecular formula is C19H20. The average Bonchev–Trinajstić information content (AvgIpc) is 2.39. The molecule has 19 heavy (non-hydrogen) atoms. The lowest BCUT2D eigenvalue weighted by Crippen LogP contribution is -2.15. The summed E-state index contributed by atoms with van der Waals surface area (Å²) in [5.74, 6) is 0.679. The first-order valence-corrected chi connectivity index (χ1v) is 7.18. The summed E-state index contributed by atoms with van der Waals surface area (Å²) in [6, 6.07) is 21.8. The van der Waals surface area contributed by atoms with Crippen molar-refractivity contribution in [2.75, 3.05) is 0 Å². The monoisotopic (exact) mass is 248 g/mol. The Hall–Kier alpha value is -1.82. The Bertz CT molecular complexity index is 495. The second kappa shape index (κ2) is 5.88. The van der Waals surface area contributed by atoms with Gasteiger partial charge >= 0.3 is 0 Å². The van der Waals surface area contributed by atoms with Crippen LogP contribution in [0.2, 0.25) is 0 Å². The molecule has 0 nitrogen and oxygen atoms in total. The number of hydrogen-bond acceptors (Lipinski definition) is 0. The minimum absolute atomic E-state index is 0.679. The Morgan fingerprint density at radius 1 is 0.737 bits per heavy atom. The van der Waals surface area contributed by atoms with Gasteiger partial charge in [0, 0.05) is 0 Å². The molecule has 0 fully saturated rings. The largest absolute Gasteiger partial charge is 0.0847 e. The molecule has 0 amide bonds. The summed E-state index contributed by atoms with van der Waals surface area (Å²) in [6.45, 7) is 0. The van der Waals surface area contributed by atoms with Gasteiger partial charge in [-0.25, -0.2) is 0 Å². The van der Waals surface area contributed by atoms with E-state index in [2.05, 4.69) is 66.7 Å².